The summed E-state index contributed by atoms with van der Waals surface area (Å²) in [6, 6.07) is 5.66. The molecular formula is C42H71N5O12Si2. The topological polar surface area (TPSA) is 232 Å². The molecule has 61 heavy (non-hydrogen) atoms. The summed E-state index contributed by atoms with van der Waals surface area (Å²) in [7, 11) is -3.92. The highest BCUT2D eigenvalue weighted by Crippen LogP contribution is 2.46. The number of carbonyl (C=O) groups excluding carboxylic acids is 2. The normalized spacial score (nSPS) is 20.5. The van der Waals surface area contributed by atoms with E-state index in [2.05, 4.69) is 78.4 Å². The Morgan fingerprint density at radius 2 is 1.44 bits per heavy atom. The van der Waals surface area contributed by atoms with Crippen molar-refractivity contribution in [2.45, 2.75) is 166 Å². The molecule has 1 saturated heterocycles. The Bertz CT molecular complexity index is 1930. The van der Waals surface area contributed by atoms with Gasteiger partial charge in [-0.1, -0.05) is 53.7 Å². The molecule has 2 heterocycles. The molecule has 1 fully saturated rings. The third-order valence-corrected chi connectivity index (χ3v) is 20.6. The number of hydrogen-bond donors (Lipinski definition) is 5. The van der Waals surface area contributed by atoms with Crippen LogP contribution in [-0.4, -0.2) is 116 Å². The highest BCUT2D eigenvalue weighted by molar-refractivity contribution is 6.74. The van der Waals surface area contributed by atoms with Gasteiger partial charge in [0.1, 0.15) is 41.8 Å². The minimum Gasteiger partial charge on any atom is -0.497 e. The second kappa shape index (κ2) is 20.2. The Balaban J connectivity index is 2.18. The lowest BCUT2D eigenvalue weighted by molar-refractivity contribution is -0.166. The van der Waals surface area contributed by atoms with E-state index in [4.69, 9.17) is 33.9 Å². The van der Waals surface area contributed by atoms with Gasteiger partial charge in [0.25, 0.3) is 5.56 Å². The Labute approximate surface area is 361 Å². The zero-order valence-electron chi connectivity index (χ0n) is 38.5. The van der Waals surface area contributed by atoms with Gasteiger partial charge in [-0.25, -0.2) is 4.79 Å². The molecule has 0 spiro atoms. The van der Waals surface area contributed by atoms with E-state index >= 15 is 0 Å². The van der Waals surface area contributed by atoms with Gasteiger partial charge in [-0.3, -0.25) is 28.3 Å². The molecule has 19 heteroatoms. The first-order valence-electron chi connectivity index (χ1n) is 20.8. The second-order valence-corrected chi connectivity index (χ2v) is 29.3. The van der Waals surface area contributed by atoms with E-state index in [0.717, 1.165) is 4.57 Å². The van der Waals surface area contributed by atoms with Crippen molar-refractivity contribution in [3.8, 4) is 5.75 Å². The molecule has 0 radical (unpaired) electrons. The second-order valence-electron chi connectivity index (χ2n) is 19.8. The lowest BCUT2D eigenvalue weighted by Gasteiger charge is -2.44. The number of nitrogens with two attached hydrogens (primary N) is 1. The maximum atomic E-state index is 14.5. The van der Waals surface area contributed by atoms with Gasteiger partial charge in [-0.15, -0.1) is 0 Å². The van der Waals surface area contributed by atoms with E-state index in [1.807, 2.05) is 0 Å². The quantitative estimate of drug-likeness (QED) is 0.0770. The minimum absolute atomic E-state index is 0.0461. The maximum absolute atomic E-state index is 14.5. The lowest BCUT2D eigenvalue weighted by atomic mass is 9.99. The average Bonchev–Trinajstić information content (AvgIpc) is 3.45. The molecule has 3 rings (SSSR count). The number of rotatable bonds is 19. The number of carboxylic acids is 1. The van der Waals surface area contributed by atoms with Gasteiger partial charge < -0.3 is 49.6 Å². The summed E-state index contributed by atoms with van der Waals surface area (Å²) in [4.78, 5) is 65.2. The molecule has 1 aromatic carbocycles. The van der Waals surface area contributed by atoms with Crippen LogP contribution < -0.4 is 32.4 Å². The van der Waals surface area contributed by atoms with Crippen LogP contribution >= 0.6 is 0 Å². The number of aliphatic hydroxyl groups excluding tert-OH is 1. The van der Waals surface area contributed by atoms with Crippen molar-refractivity contribution in [1.82, 2.24) is 19.8 Å². The Kier molecular flexibility index (Phi) is 17.1. The van der Waals surface area contributed by atoms with Crippen molar-refractivity contribution in [1.29, 1.82) is 0 Å². The molecule has 1 aliphatic heterocycles. The first-order chi connectivity index (χ1) is 27.9. The smallest absolute Gasteiger partial charge is 0.333 e. The molecule has 6 N–H and O–H groups in total. The molecular weight excluding hydrogens is 823 g/mol. The van der Waals surface area contributed by atoms with Crippen LogP contribution in [-0.2, 0) is 39.3 Å². The van der Waals surface area contributed by atoms with Crippen molar-refractivity contribution in [2.24, 2.45) is 5.73 Å². The van der Waals surface area contributed by atoms with Gasteiger partial charge in [0, 0.05) is 18.8 Å². The number of carbonyl (C=O) groups is 3. The molecule has 0 aliphatic carbocycles. The number of hydrogen-bond acceptors (Lipinski definition) is 13. The third kappa shape index (κ3) is 13.6. The van der Waals surface area contributed by atoms with Crippen molar-refractivity contribution >= 4 is 34.5 Å². The highest BCUT2D eigenvalue weighted by Gasteiger charge is 2.57. The van der Waals surface area contributed by atoms with Gasteiger partial charge >= 0.3 is 17.6 Å². The monoisotopic (exact) mass is 893 g/mol. The van der Waals surface area contributed by atoms with Crippen molar-refractivity contribution in [2.75, 3.05) is 20.2 Å². The summed E-state index contributed by atoms with van der Waals surface area (Å²) in [5, 5.41) is 26.5. The van der Waals surface area contributed by atoms with E-state index in [1.165, 1.54) is 16.8 Å². The molecule has 344 valence electrons. The molecule has 1 amide bonds. The number of ether oxygens (including phenoxy) is 3. The summed E-state index contributed by atoms with van der Waals surface area (Å²) in [5.74, 6) is -2.01. The van der Waals surface area contributed by atoms with Crippen molar-refractivity contribution < 1.29 is 47.7 Å². The standard InChI is InChI=1S/C42H71N5O12Si2/c1-40(2,3)57-38(53)31(44-21-15-22-45-36(52)28(43)24-30(49)50)32(51)33-34(58-60(11,12)41(4,5)6)35(59-61(13,14)42(7,8)9)37(56-33)46-23-20-29(48)47(39(46)54)25-26-16-18-27(55-10)19-17-26/h16-20,23,28,31-35,37,44,51H,15,21-22,24-25,43H2,1-14H3,(H,45,52)(H,49,50)/t28-,31-,32-,33?,34+,35?,37?/m0/s1. The molecule has 0 bridgehead atoms. The number of methoxy groups -OCH3 is 1. The van der Waals surface area contributed by atoms with Crippen LogP contribution in [0, 0.1) is 0 Å². The predicted octanol–water partition coefficient (Wildman–Crippen LogP) is 3.71. The number of carboxylic acid groups (broad SMARTS) is 1. The van der Waals surface area contributed by atoms with Crippen LogP contribution in [0.5, 0.6) is 5.75 Å². The number of esters is 1. The summed E-state index contributed by atoms with van der Waals surface area (Å²) in [6.45, 7) is 25.9. The largest absolute Gasteiger partial charge is 0.497 e. The zero-order valence-corrected chi connectivity index (χ0v) is 40.5. The molecule has 1 aliphatic rings. The van der Waals surface area contributed by atoms with Crippen LogP contribution in [0.25, 0.3) is 0 Å². The van der Waals surface area contributed by atoms with E-state index < -0.39 is 100 Å². The first kappa shape index (κ1) is 51.7. The average molecular weight is 894 g/mol. The minimum atomic E-state index is -2.74. The maximum Gasteiger partial charge on any atom is 0.333 e. The lowest BCUT2D eigenvalue weighted by Crippen LogP contribution is -2.59. The molecule has 17 nitrogen and oxygen atoms in total. The number of aromatic nitrogens is 2. The number of nitrogens with zero attached hydrogens (tertiary/aromatic N) is 2. The number of aliphatic carboxylic acids is 1. The van der Waals surface area contributed by atoms with Gasteiger partial charge in [-0.2, -0.15) is 0 Å². The Morgan fingerprint density at radius 3 is 1.95 bits per heavy atom. The summed E-state index contributed by atoms with van der Waals surface area (Å²) >= 11 is 0. The summed E-state index contributed by atoms with van der Waals surface area (Å²) < 4.78 is 34.6. The van der Waals surface area contributed by atoms with Crippen molar-refractivity contribution in [3.05, 3.63) is 62.9 Å². The first-order valence-corrected chi connectivity index (χ1v) is 26.6. The molecule has 1 aromatic heterocycles. The van der Waals surface area contributed by atoms with Gasteiger partial charge in [0.05, 0.1) is 26.1 Å². The van der Waals surface area contributed by atoms with E-state index in [9.17, 15) is 29.1 Å². The molecule has 7 atom stereocenters. The zero-order chi connectivity index (χ0) is 46.5. The van der Waals surface area contributed by atoms with E-state index in [0.29, 0.717) is 11.3 Å². The summed E-state index contributed by atoms with van der Waals surface area (Å²) in [6.07, 6.45) is -5.07. The Hall–Kier alpha value is -3.70. The van der Waals surface area contributed by atoms with Gasteiger partial charge in [-0.05, 0) is 87.7 Å². The fourth-order valence-electron chi connectivity index (χ4n) is 6.11. The Morgan fingerprint density at radius 1 is 0.885 bits per heavy atom. The van der Waals surface area contributed by atoms with E-state index in [1.54, 1.807) is 52.1 Å². The van der Waals surface area contributed by atoms with Crippen LogP contribution in [0.3, 0.4) is 0 Å². The number of aliphatic hydroxyl groups is 1. The van der Waals surface area contributed by atoms with Crippen LogP contribution in [0.15, 0.2) is 46.1 Å². The van der Waals surface area contributed by atoms with Crippen LogP contribution in [0.1, 0.15) is 86.9 Å². The van der Waals surface area contributed by atoms with Gasteiger partial charge in [0.15, 0.2) is 22.9 Å². The highest BCUT2D eigenvalue weighted by atomic mass is 28.4. The molecule has 2 aromatic rings. The summed E-state index contributed by atoms with van der Waals surface area (Å²) in [5.41, 5.74) is 4.22. The van der Waals surface area contributed by atoms with Crippen molar-refractivity contribution in [3.63, 3.8) is 0 Å². The molecule has 3 unspecified atom stereocenters. The SMILES string of the molecule is COc1ccc(Cn2c(=O)ccn(C3OC([C@@H](O)[C@H](NCCCNC(=O)[C@@H](N)CC(=O)O)C(=O)OC(C)(C)C)[C@@H](O[Si](C)(C)C(C)(C)C)C3O[Si](C)(C)C(C)(C)C)c2=O)cc1. The fourth-order valence-corrected chi connectivity index (χ4v) is 8.70. The number of amides is 1. The van der Waals surface area contributed by atoms with Gasteiger partial charge in [0.2, 0.25) is 5.91 Å². The van der Waals surface area contributed by atoms with E-state index in [-0.39, 0.29) is 36.1 Å². The number of nitrogens with one attached hydrogen (secondary N) is 2. The molecule has 0 saturated carbocycles. The van der Waals surface area contributed by atoms with Crippen LogP contribution in [0.2, 0.25) is 36.3 Å². The fraction of sp³-hybridized carbons (Fsp3) is 0.690. The van der Waals surface area contributed by atoms with Crippen LogP contribution in [0.4, 0.5) is 0 Å². The third-order valence-electron chi connectivity index (χ3n) is 11.7. The predicted molar refractivity (Wildman–Crippen MR) is 237 cm³/mol. The number of benzene rings is 1.